The van der Waals surface area contributed by atoms with Crippen molar-refractivity contribution in [2.75, 3.05) is 7.11 Å². The minimum atomic E-state index is -5.10. The molecule has 1 amide bonds. The number of rotatable bonds is 5. The molecule has 0 heterocycles. The van der Waals surface area contributed by atoms with E-state index in [1.165, 1.54) is 7.11 Å². The number of hydrogen-bond donors (Lipinski definition) is 1. The molecule has 8 heteroatoms. The maximum absolute atomic E-state index is 12.6. The molecule has 0 aliphatic carbocycles. The molecule has 2 N–H and O–H groups in total. The van der Waals surface area contributed by atoms with Crippen LogP contribution in [-0.4, -0.2) is 31.1 Å². The van der Waals surface area contributed by atoms with E-state index in [0.29, 0.717) is 0 Å². The van der Waals surface area contributed by atoms with Crippen molar-refractivity contribution in [3.8, 4) is 11.5 Å². The second-order valence-electron chi connectivity index (χ2n) is 4.41. The zero-order valence-corrected chi connectivity index (χ0v) is 11.6. The van der Waals surface area contributed by atoms with Crippen LogP contribution < -0.4 is 15.2 Å². The smallest absolute Gasteiger partial charge is 0.455 e. The fourth-order valence-electron chi connectivity index (χ4n) is 1.60. The van der Waals surface area contributed by atoms with Gasteiger partial charge in [0.1, 0.15) is 11.5 Å². The second-order valence-corrected chi connectivity index (χ2v) is 4.41. The first-order valence-electron chi connectivity index (χ1n) is 5.88. The molecular formula is C13H14F3NO4. The third kappa shape index (κ3) is 3.87. The van der Waals surface area contributed by atoms with E-state index in [2.05, 4.69) is 0 Å². The molecule has 1 aromatic carbocycles. The molecule has 116 valence electrons. The van der Waals surface area contributed by atoms with E-state index < -0.39 is 29.5 Å². The fraction of sp³-hybridized carbons (Fsp3) is 0.385. The van der Waals surface area contributed by atoms with Gasteiger partial charge in [0.2, 0.25) is 0 Å². The Morgan fingerprint density at radius 3 is 2.10 bits per heavy atom. The molecule has 1 aromatic rings. The van der Waals surface area contributed by atoms with Crippen LogP contribution >= 0.6 is 0 Å². The number of benzene rings is 1. The molecule has 21 heavy (non-hydrogen) atoms. The molecule has 0 bridgehead atoms. The number of halogens is 3. The Labute approximate surface area is 118 Å². The van der Waals surface area contributed by atoms with Crippen molar-refractivity contribution in [2.24, 2.45) is 5.73 Å². The van der Waals surface area contributed by atoms with E-state index in [1.54, 1.807) is 13.8 Å². The van der Waals surface area contributed by atoms with Crippen LogP contribution in [-0.2, 0) is 0 Å². The van der Waals surface area contributed by atoms with Gasteiger partial charge < -0.3 is 15.2 Å². The Morgan fingerprint density at radius 2 is 1.71 bits per heavy atom. The number of ether oxygens (including phenoxy) is 2. The van der Waals surface area contributed by atoms with Gasteiger partial charge in [0.15, 0.2) is 0 Å². The first-order chi connectivity index (χ1) is 9.57. The summed E-state index contributed by atoms with van der Waals surface area (Å²) < 4.78 is 47.9. The summed E-state index contributed by atoms with van der Waals surface area (Å²) in [6, 6.07) is 1.77. The topological polar surface area (TPSA) is 78.6 Å². The number of amides is 1. The van der Waals surface area contributed by atoms with Crippen LogP contribution in [0.1, 0.15) is 34.6 Å². The van der Waals surface area contributed by atoms with Crippen molar-refractivity contribution in [1.29, 1.82) is 0 Å². The molecule has 0 atom stereocenters. The Kier molecular flexibility index (Phi) is 4.82. The average molecular weight is 305 g/mol. The van der Waals surface area contributed by atoms with E-state index in [9.17, 15) is 22.8 Å². The summed E-state index contributed by atoms with van der Waals surface area (Å²) in [5, 5.41) is 0. The van der Waals surface area contributed by atoms with Gasteiger partial charge >= 0.3 is 6.18 Å². The SMILES string of the molecule is COc1cc(OC(C)C)c(C(=O)C(F)(F)F)cc1C(N)=O. The largest absolute Gasteiger partial charge is 0.496 e. The molecule has 0 aliphatic heterocycles. The van der Waals surface area contributed by atoms with Crippen molar-refractivity contribution in [3.05, 3.63) is 23.3 Å². The maximum Gasteiger partial charge on any atom is 0.455 e. The zero-order valence-electron chi connectivity index (χ0n) is 11.6. The van der Waals surface area contributed by atoms with Crippen LogP contribution in [0.3, 0.4) is 0 Å². The number of hydrogen-bond acceptors (Lipinski definition) is 4. The summed E-state index contributed by atoms with van der Waals surface area (Å²) >= 11 is 0. The number of methoxy groups -OCH3 is 1. The van der Waals surface area contributed by atoms with Gasteiger partial charge in [-0.3, -0.25) is 9.59 Å². The van der Waals surface area contributed by atoms with Crippen LogP contribution in [0.25, 0.3) is 0 Å². The lowest BCUT2D eigenvalue weighted by Gasteiger charge is -2.17. The van der Waals surface area contributed by atoms with Crippen LogP contribution in [0, 0.1) is 0 Å². The van der Waals surface area contributed by atoms with Gasteiger partial charge in [-0.2, -0.15) is 13.2 Å². The van der Waals surface area contributed by atoms with Gasteiger partial charge in [-0.1, -0.05) is 0 Å². The average Bonchev–Trinajstić information content (AvgIpc) is 2.35. The minimum Gasteiger partial charge on any atom is -0.496 e. The highest BCUT2D eigenvalue weighted by molar-refractivity contribution is 6.06. The number of Topliss-reactive ketones (excluding diaryl/α,β-unsaturated/α-hetero) is 1. The van der Waals surface area contributed by atoms with Gasteiger partial charge in [-0.05, 0) is 19.9 Å². The lowest BCUT2D eigenvalue weighted by atomic mass is 10.0. The van der Waals surface area contributed by atoms with Crippen molar-refractivity contribution >= 4 is 11.7 Å². The summed E-state index contributed by atoms with van der Waals surface area (Å²) in [7, 11) is 1.21. The Bertz CT molecular complexity index is 567. The fourth-order valence-corrected chi connectivity index (χ4v) is 1.60. The number of nitrogens with two attached hydrogens (primary N) is 1. The van der Waals surface area contributed by atoms with Crippen LogP contribution in [0.5, 0.6) is 11.5 Å². The van der Waals surface area contributed by atoms with E-state index in [1.807, 2.05) is 0 Å². The van der Waals surface area contributed by atoms with E-state index in [0.717, 1.165) is 12.1 Å². The maximum atomic E-state index is 12.6. The summed E-state index contributed by atoms with van der Waals surface area (Å²) in [4.78, 5) is 22.7. The molecular weight excluding hydrogens is 291 g/mol. The summed E-state index contributed by atoms with van der Waals surface area (Å²) in [6.45, 7) is 3.16. The number of ketones is 1. The Morgan fingerprint density at radius 1 is 1.14 bits per heavy atom. The van der Waals surface area contributed by atoms with Gasteiger partial charge in [-0.15, -0.1) is 0 Å². The number of carbonyl (C=O) groups excluding carboxylic acids is 2. The van der Waals surface area contributed by atoms with E-state index >= 15 is 0 Å². The number of alkyl halides is 3. The summed E-state index contributed by atoms with van der Waals surface area (Å²) in [5.74, 6) is -3.53. The van der Waals surface area contributed by atoms with Crippen LogP contribution in [0.2, 0.25) is 0 Å². The third-order valence-corrected chi connectivity index (χ3v) is 2.43. The second kappa shape index (κ2) is 6.02. The lowest BCUT2D eigenvalue weighted by Crippen LogP contribution is -2.25. The molecule has 0 spiro atoms. The monoisotopic (exact) mass is 305 g/mol. The quantitative estimate of drug-likeness (QED) is 0.847. The van der Waals surface area contributed by atoms with Gasteiger partial charge in [0.05, 0.1) is 24.3 Å². The zero-order chi connectivity index (χ0) is 16.4. The number of carbonyl (C=O) groups is 2. The third-order valence-electron chi connectivity index (χ3n) is 2.43. The minimum absolute atomic E-state index is 0.0723. The van der Waals surface area contributed by atoms with Crippen LogP contribution in [0.4, 0.5) is 13.2 Å². The molecule has 0 aliphatic rings. The first kappa shape index (κ1) is 16.8. The van der Waals surface area contributed by atoms with Crippen molar-refractivity contribution in [1.82, 2.24) is 0 Å². The van der Waals surface area contributed by atoms with Crippen LogP contribution in [0.15, 0.2) is 12.1 Å². The predicted molar refractivity (Wildman–Crippen MR) is 67.7 cm³/mol. The van der Waals surface area contributed by atoms with Gasteiger partial charge in [0, 0.05) is 6.07 Å². The van der Waals surface area contributed by atoms with E-state index in [4.69, 9.17) is 15.2 Å². The van der Waals surface area contributed by atoms with Gasteiger partial charge in [-0.25, -0.2) is 0 Å². The predicted octanol–water partition coefficient (Wildman–Crippen LogP) is 2.33. The molecule has 0 fully saturated rings. The summed E-state index contributed by atoms with van der Waals surface area (Å²) in [6.07, 6.45) is -5.58. The van der Waals surface area contributed by atoms with Crippen molar-refractivity contribution < 1.29 is 32.2 Å². The Balaban J connectivity index is 3.53. The van der Waals surface area contributed by atoms with Crippen molar-refractivity contribution in [3.63, 3.8) is 0 Å². The lowest BCUT2D eigenvalue weighted by molar-refractivity contribution is -0.0887. The molecule has 0 radical (unpaired) electrons. The molecule has 0 saturated heterocycles. The molecule has 5 nitrogen and oxygen atoms in total. The normalized spacial score (nSPS) is 11.4. The summed E-state index contributed by atoms with van der Waals surface area (Å²) in [5.41, 5.74) is 3.95. The molecule has 1 rings (SSSR count). The first-order valence-corrected chi connectivity index (χ1v) is 5.88. The molecule has 0 unspecified atom stereocenters. The molecule has 0 aromatic heterocycles. The highest BCUT2D eigenvalue weighted by atomic mass is 19.4. The van der Waals surface area contributed by atoms with Gasteiger partial charge in [0.25, 0.3) is 11.7 Å². The molecule has 0 saturated carbocycles. The standard InChI is InChI=1S/C13H14F3NO4/c1-6(2)21-10-5-9(20-3)8(12(17)19)4-7(10)11(18)13(14,15)16/h4-6H,1-3H3,(H2,17,19). The number of primary amides is 1. The Hall–Kier alpha value is -2.25. The van der Waals surface area contributed by atoms with E-state index in [-0.39, 0.29) is 17.1 Å². The highest BCUT2D eigenvalue weighted by Crippen LogP contribution is 2.34. The van der Waals surface area contributed by atoms with Crippen molar-refractivity contribution in [2.45, 2.75) is 26.1 Å². The highest BCUT2D eigenvalue weighted by Gasteiger charge is 2.41.